The number of aromatic nitrogens is 2. The van der Waals surface area contributed by atoms with Crippen LogP contribution in [0.3, 0.4) is 0 Å². The molecular weight excluding hydrogens is 365 g/mol. The van der Waals surface area contributed by atoms with Crippen molar-refractivity contribution in [1.29, 1.82) is 0 Å². The van der Waals surface area contributed by atoms with Gasteiger partial charge in [-0.2, -0.15) is 13.2 Å². The van der Waals surface area contributed by atoms with Crippen molar-refractivity contribution >= 4 is 0 Å². The molecule has 4 nitrogen and oxygen atoms in total. The normalized spacial score (nSPS) is 20.2. The third kappa shape index (κ3) is 4.05. The van der Waals surface area contributed by atoms with Gasteiger partial charge in [-0.3, -0.25) is 4.90 Å². The number of nitrogens with zero attached hydrogens (tertiary/aromatic N) is 4. The highest BCUT2D eigenvalue weighted by atomic mass is 19.4. The first-order chi connectivity index (χ1) is 13.5. The zero-order valence-electron chi connectivity index (χ0n) is 15.8. The van der Waals surface area contributed by atoms with E-state index in [1.807, 2.05) is 30.6 Å². The van der Waals surface area contributed by atoms with Gasteiger partial charge < -0.3 is 4.90 Å². The molecule has 0 N–H and O–H groups in total. The first-order valence-corrected chi connectivity index (χ1v) is 9.83. The second kappa shape index (κ2) is 7.79. The van der Waals surface area contributed by atoms with E-state index in [9.17, 15) is 13.2 Å². The lowest BCUT2D eigenvalue weighted by atomic mass is 9.74. The molecular formula is C21H25F3N4. The van der Waals surface area contributed by atoms with Gasteiger partial charge >= 0.3 is 6.18 Å². The van der Waals surface area contributed by atoms with Crippen molar-refractivity contribution in [1.82, 2.24) is 19.8 Å². The van der Waals surface area contributed by atoms with E-state index in [1.54, 1.807) is 4.90 Å². The molecule has 2 aromatic rings. The lowest BCUT2D eigenvalue weighted by Gasteiger charge is -2.52. The third-order valence-corrected chi connectivity index (χ3v) is 6.16. The highest BCUT2D eigenvalue weighted by molar-refractivity contribution is 5.37. The number of hydrogen-bond acceptors (Lipinski definition) is 4. The van der Waals surface area contributed by atoms with Gasteiger partial charge in [0.2, 0.25) is 0 Å². The predicted molar refractivity (Wildman–Crippen MR) is 101 cm³/mol. The number of fused-ring (bicyclic) bond motifs is 2. The zero-order chi connectivity index (χ0) is 19.6. The van der Waals surface area contributed by atoms with E-state index in [0.717, 1.165) is 50.0 Å². The van der Waals surface area contributed by atoms with E-state index >= 15 is 0 Å². The highest BCUT2D eigenvalue weighted by Gasteiger charge is 2.47. The molecule has 1 aromatic heterocycles. The van der Waals surface area contributed by atoms with Crippen molar-refractivity contribution in [3.8, 4) is 0 Å². The Labute approximate surface area is 163 Å². The molecule has 7 heteroatoms. The summed E-state index contributed by atoms with van der Waals surface area (Å²) in [7, 11) is 0. The maximum absolute atomic E-state index is 13.3. The number of benzene rings is 1. The standard InChI is InChI=1S/C21H25F3N4/c22-21(23,24)15-28-10-6-18-3-1-2-4-19(18)20(28)7-11-27(12-8-20)9-5-17-13-25-16-26-14-17/h1-4,13-14,16H,5-12,15H2. The Hall–Kier alpha value is -1.99. The summed E-state index contributed by atoms with van der Waals surface area (Å²) in [5.74, 6) is 0. The van der Waals surface area contributed by atoms with Crippen LogP contribution in [0.1, 0.15) is 29.5 Å². The number of rotatable bonds is 4. The number of hydrogen-bond donors (Lipinski definition) is 0. The van der Waals surface area contributed by atoms with Crippen LogP contribution < -0.4 is 0 Å². The lowest BCUT2D eigenvalue weighted by molar-refractivity contribution is -0.167. The summed E-state index contributed by atoms with van der Waals surface area (Å²) in [5, 5.41) is 0. The van der Waals surface area contributed by atoms with E-state index in [0.29, 0.717) is 13.0 Å². The van der Waals surface area contributed by atoms with Crippen molar-refractivity contribution in [2.75, 3.05) is 32.7 Å². The molecule has 0 aliphatic carbocycles. The molecule has 2 aliphatic rings. The summed E-state index contributed by atoms with van der Waals surface area (Å²) in [6, 6.07) is 8.06. The minimum atomic E-state index is -4.18. The fourth-order valence-electron chi connectivity index (χ4n) is 4.76. The molecule has 0 saturated carbocycles. The molecule has 0 radical (unpaired) electrons. The Morgan fingerprint density at radius 2 is 1.71 bits per heavy atom. The SMILES string of the molecule is FC(F)(F)CN1CCc2ccccc2C12CCN(CCc1cncnc1)CC2. The topological polar surface area (TPSA) is 32.3 Å². The maximum atomic E-state index is 13.3. The Bertz CT molecular complexity index is 786. The number of likely N-dealkylation sites (tertiary alicyclic amines) is 1. The number of piperidine rings is 1. The molecule has 1 fully saturated rings. The van der Waals surface area contributed by atoms with Crippen molar-refractivity contribution in [3.63, 3.8) is 0 Å². The van der Waals surface area contributed by atoms with E-state index in [4.69, 9.17) is 0 Å². The van der Waals surface area contributed by atoms with Crippen LogP contribution in [0.2, 0.25) is 0 Å². The Morgan fingerprint density at radius 3 is 2.43 bits per heavy atom. The van der Waals surface area contributed by atoms with Gasteiger partial charge in [0, 0.05) is 44.1 Å². The van der Waals surface area contributed by atoms with E-state index < -0.39 is 18.3 Å². The molecule has 28 heavy (non-hydrogen) atoms. The molecule has 0 unspecified atom stereocenters. The summed E-state index contributed by atoms with van der Waals surface area (Å²) in [6.07, 6.45) is 3.98. The molecule has 4 rings (SSSR count). The summed E-state index contributed by atoms with van der Waals surface area (Å²) < 4.78 is 39.8. The van der Waals surface area contributed by atoms with Crippen LogP contribution in [0.25, 0.3) is 0 Å². The lowest BCUT2D eigenvalue weighted by Crippen LogP contribution is -2.58. The average molecular weight is 390 g/mol. The van der Waals surface area contributed by atoms with Gasteiger partial charge in [-0.1, -0.05) is 24.3 Å². The number of alkyl halides is 3. The van der Waals surface area contributed by atoms with Gasteiger partial charge in [0.05, 0.1) is 6.54 Å². The molecule has 1 aromatic carbocycles. The molecule has 3 heterocycles. The van der Waals surface area contributed by atoms with Crippen LogP contribution >= 0.6 is 0 Å². The van der Waals surface area contributed by atoms with E-state index in [2.05, 4.69) is 20.9 Å². The van der Waals surface area contributed by atoms with Gasteiger partial charge in [-0.05, 0) is 42.4 Å². The minimum Gasteiger partial charge on any atom is -0.303 e. The third-order valence-electron chi connectivity index (χ3n) is 6.16. The van der Waals surface area contributed by atoms with Gasteiger partial charge in [0.25, 0.3) is 0 Å². The first-order valence-electron chi connectivity index (χ1n) is 9.83. The van der Waals surface area contributed by atoms with Crippen molar-refractivity contribution < 1.29 is 13.2 Å². The Kier molecular flexibility index (Phi) is 5.38. The fourth-order valence-corrected chi connectivity index (χ4v) is 4.76. The molecule has 150 valence electrons. The molecule has 0 atom stereocenters. The Morgan fingerprint density at radius 1 is 1.00 bits per heavy atom. The second-order valence-corrected chi connectivity index (χ2v) is 7.81. The summed E-state index contributed by atoms with van der Waals surface area (Å²) >= 11 is 0. The first kappa shape index (κ1) is 19.3. The smallest absolute Gasteiger partial charge is 0.303 e. The Balaban J connectivity index is 1.50. The van der Waals surface area contributed by atoms with Crippen LogP contribution in [0, 0.1) is 0 Å². The van der Waals surface area contributed by atoms with Crippen LogP contribution in [0.4, 0.5) is 13.2 Å². The second-order valence-electron chi connectivity index (χ2n) is 7.81. The van der Waals surface area contributed by atoms with Gasteiger partial charge in [0.15, 0.2) is 0 Å². The van der Waals surface area contributed by atoms with Crippen LogP contribution in [-0.2, 0) is 18.4 Å². The fraction of sp³-hybridized carbons (Fsp3) is 0.524. The van der Waals surface area contributed by atoms with Crippen molar-refractivity contribution in [2.24, 2.45) is 0 Å². The summed E-state index contributed by atoms with van der Waals surface area (Å²) in [6.45, 7) is 2.12. The average Bonchev–Trinajstić information content (AvgIpc) is 2.70. The molecule has 1 saturated heterocycles. The highest BCUT2D eigenvalue weighted by Crippen LogP contribution is 2.44. The molecule has 0 amide bonds. The van der Waals surface area contributed by atoms with Gasteiger partial charge in [-0.25, -0.2) is 9.97 Å². The summed E-state index contributed by atoms with van der Waals surface area (Å²) in [4.78, 5) is 12.1. The van der Waals surface area contributed by atoms with Crippen molar-refractivity contribution in [2.45, 2.75) is 37.4 Å². The van der Waals surface area contributed by atoms with Crippen LogP contribution in [0.5, 0.6) is 0 Å². The maximum Gasteiger partial charge on any atom is 0.401 e. The van der Waals surface area contributed by atoms with E-state index in [-0.39, 0.29) is 0 Å². The van der Waals surface area contributed by atoms with Crippen molar-refractivity contribution in [3.05, 3.63) is 59.7 Å². The minimum absolute atomic E-state index is 0.470. The quantitative estimate of drug-likeness (QED) is 0.801. The number of halogens is 3. The zero-order valence-corrected chi connectivity index (χ0v) is 15.8. The molecule has 1 spiro atoms. The van der Waals surface area contributed by atoms with Crippen LogP contribution in [-0.4, -0.2) is 58.7 Å². The van der Waals surface area contributed by atoms with Gasteiger partial charge in [-0.15, -0.1) is 0 Å². The summed E-state index contributed by atoms with van der Waals surface area (Å²) in [5.41, 5.74) is 2.89. The predicted octanol–water partition coefficient (Wildman–Crippen LogP) is 3.43. The van der Waals surface area contributed by atoms with E-state index in [1.165, 1.54) is 11.9 Å². The van der Waals surface area contributed by atoms with Gasteiger partial charge in [0.1, 0.15) is 6.33 Å². The largest absolute Gasteiger partial charge is 0.401 e. The van der Waals surface area contributed by atoms with Crippen LogP contribution in [0.15, 0.2) is 43.0 Å². The molecule has 2 aliphatic heterocycles. The monoisotopic (exact) mass is 390 g/mol. The molecule has 0 bridgehead atoms.